The summed E-state index contributed by atoms with van der Waals surface area (Å²) in [4.78, 5) is 0. The maximum absolute atomic E-state index is 9.67. The highest BCUT2D eigenvalue weighted by Crippen LogP contribution is 2.58. The Morgan fingerprint density at radius 1 is 0.909 bits per heavy atom. The predicted molar refractivity (Wildman–Crippen MR) is 43.1 cm³/mol. The van der Waals surface area contributed by atoms with Crippen molar-refractivity contribution in [2.24, 2.45) is 23.7 Å². The van der Waals surface area contributed by atoms with E-state index in [0.717, 1.165) is 24.2 Å². The summed E-state index contributed by atoms with van der Waals surface area (Å²) in [5, 5.41) is 9.67. The molecule has 5 atom stereocenters. The van der Waals surface area contributed by atoms with Crippen LogP contribution in [0.1, 0.15) is 32.1 Å². The molecule has 0 aromatic carbocycles. The highest BCUT2D eigenvalue weighted by Gasteiger charge is 2.53. The van der Waals surface area contributed by atoms with Crippen molar-refractivity contribution in [3.05, 3.63) is 0 Å². The first-order chi connectivity index (χ1) is 5.36. The SMILES string of the molecule is O[C@H]1C[C@H]2C[C@@H]1[C@@H]1CCC[C@@H]21. The molecule has 1 heteroatoms. The molecular weight excluding hydrogens is 136 g/mol. The first-order valence-electron chi connectivity index (χ1n) is 5.04. The van der Waals surface area contributed by atoms with E-state index in [2.05, 4.69) is 0 Å². The first kappa shape index (κ1) is 6.47. The molecule has 0 aromatic rings. The fraction of sp³-hybridized carbons (Fsp3) is 1.00. The van der Waals surface area contributed by atoms with Gasteiger partial charge in [-0.1, -0.05) is 6.42 Å². The van der Waals surface area contributed by atoms with Gasteiger partial charge in [-0.2, -0.15) is 0 Å². The number of aliphatic hydroxyl groups is 1. The van der Waals surface area contributed by atoms with Crippen molar-refractivity contribution in [1.82, 2.24) is 0 Å². The van der Waals surface area contributed by atoms with Gasteiger partial charge >= 0.3 is 0 Å². The van der Waals surface area contributed by atoms with Gasteiger partial charge < -0.3 is 5.11 Å². The first-order valence-corrected chi connectivity index (χ1v) is 5.04. The zero-order chi connectivity index (χ0) is 7.42. The molecule has 0 heterocycles. The zero-order valence-corrected chi connectivity index (χ0v) is 6.87. The largest absolute Gasteiger partial charge is 0.393 e. The summed E-state index contributed by atoms with van der Waals surface area (Å²) in [7, 11) is 0. The van der Waals surface area contributed by atoms with Gasteiger partial charge in [-0.3, -0.25) is 0 Å². The Balaban J connectivity index is 1.90. The second-order valence-corrected chi connectivity index (χ2v) is 4.72. The molecule has 0 radical (unpaired) electrons. The quantitative estimate of drug-likeness (QED) is 0.561. The molecule has 0 unspecified atom stereocenters. The summed E-state index contributed by atoms with van der Waals surface area (Å²) in [6.07, 6.45) is 6.90. The minimum Gasteiger partial charge on any atom is -0.393 e. The van der Waals surface area contributed by atoms with Crippen LogP contribution in [-0.4, -0.2) is 11.2 Å². The fourth-order valence-corrected chi connectivity index (χ4v) is 4.03. The topological polar surface area (TPSA) is 20.2 Å². The van der Waals surface area contributed by atoms with Crippen molar-refractivity contribution in [2.45, 2.75) is 38.2 Å². The second kappa shape index (κ2) is 2.01. The molecule has 62 valence electrons. The van der Waals surface area contributed by atoms with Crippen molar-refractivity contribution in [3.8, 4) is 0 Å². The molecule has 11 heavy (non-hydrogen) atoms. The van der Waals surface area contributed by atoms with E-state index in [-0.39, 0.29) is 6.10 Å². The Labute approximate surface area is 67.8 Å². The summed E-state index contributed by atoms with van der Waals surface area (Å²) in [5.41, 5.74) is 0. The van der Waals surface area contributed by atoms with Crippen LogP contribution < -0.4 is 0 Å². The Bertz CT molecular complexity index is 178. The van der Waals surface area contributed by atoms with E-state index in [9.17, 15) is 5.11 Å². The summed E-state index contributed by atoms with van der Waals surface area (Å²) >= 11 is 0. The third-order valence-corrected chi connectivity index (χ3v) is 4.39. The van der Waals surface area contributed by atoms with Crippen molar-refractivity contribution < 1.29 is 5.11 Å². The third-order valence-electron chi connectivity index (χ3n) is 4.39. The Hall–Kier alpha value is -0.0400. The average molecular weight is 152 g/mol. The highest BCUT2D eigenvalue weighted by molar-refractivity contribution is 5.02. The van der Waals surface area contributed by atoms with Crippen LogP contribution in [0.15, 0.2) is 0 Å². The molecule has 3 rings (SSSR count). The molecule has 3 aliphatic rings. The highest BCUT2D eigenvalue weighted by atomic mass is 16.3. The van der Waals surface area contributed by atoms with Gasteiger partial charge in [-0.15, -0.1) is 0 Å². The molecule has 3 fully saturated rings. The lowest BCUT2D eigenvalue weighted by atomic mass is 9.80. The van der Waals surface area contributed by atoms with E-state index in [1.165, 1.54) is 25.7 Å². The second-order valence-electron chi connectivity index (χ2n) is 4.72. The molecule has 0 amide bonds. The molecule has 0 saturated heterocycles. The van der Waals surface area contributed by atoms with Crippen molar-refractivity contribution in [3.63, 3.8) is 0 Å². The van der Waals surface area contributed by atoms with E-state index in [1.807, 2.05) is 0 Å². The van der Waals surface area contributed by atoms with Crippen molar-refractivity contribution >= 4 is 0 Å². The number of aliphatic hydroxyl groups excluding tert-OH is 1. The Morgan fingerprint density at radius 3 is 2.64 bits per heavy atom. The molecule has 0 aliphatic heterocycles. The van der Waals surface area contributed by atoms with Crippen LogP contribution in [0.25, 0.3) is 0 Å². The van der Waals surface area contributed by atoms with Gasteiger partial charge in [-0.05, 0) is 49.4 Å². The van der Waals surface area contributed by atoms with Crippen LogP contribution in [0.4, 0.5) is 0 Å². The zero-order valence-electron chi connectivity index (χ0n) is 6.87. The maximum Gasteiger partial charge on any atom is 0.0574 e. The maximum atomic E-state index is 9.67. The minimum absolute atomic E-state index is 0.0827. The average Bonchev–Trinajstić information content (AvgIpc) is 2.52. The summed E-state index contributed by atoms with van der Waals surface area (Å²) < 4.78 is 0. The van der Waals surface area contributed by atoms with Crippen LogP contribution in [-0.2, 0) is 0 Å². The smallest absolute Gasteiger partial charge is 0.0574 e. The summed E-state index contributed by atoms with van der Waals surface area (Å²) in [6.45, 7) is 0. The Kier molecular flexibility index (Phi) is 1.18. The van der Waals surface area contributed by atoms with Gasteiger partial charge in [-0.25, -0.2) is 0 Å². The molecule has 1 nitrogen and oxygen atoms in total. The van der Waals surface area contributed by atoms with Gasteiger partial charge in [0, 0.05) is 0 Å². The number of hydrogen-bond acceptors (Lipinski definition) is 1. The van der Waals surface area contributed by atoms with E-state index in [0.29, 0.717) is 5.92 Å². The summed E-state index contributed by atoms with van der Waals surface area (Å²) in [5.74, 6) is 3.60. The van der Waals surface area contributed by atoms with E-state index >= 15 is 0 Å². The lowest BCUT2D eigenvalue weighted by Gasteiger charge is -2.28. The number of rotatable bonds is 0. The normalized spacial score (nSPS) is 60.3. The number of hydrogen-bond donors (Lipinski definition) is 1. The van der Waals surface area contributed by atoms with Gasteiger partial charge in [0.25, 0.3) is 0 Å². The molecule has 0 spiro atoms. The lowest BCUT2D eigenvalue weighted by molar-refractivity contribution is 0.0642. The van der Waals surface area contributed by atoms with Crippen LogP contribution >= 0.6 is 0 Å². The van der Waals surface area contributed by atoms with E-state index < -0.39 is 0 Å². The number of fused-ring (bicyclic) bond motifs is 5. The van der Waals surface area contributed by atoms with Gasteiger partial charge in [0.1, 0.15) is 0 Å². The standard InChI is InChI=1S/C10H16O/c11-10-5-6-4-9(10)8-3-1-2-7(6)8/h6-11H,1-5H2/t6-,7+,8-,9-,10+/m1/s1. The van der Waals surface area contributed by atoms with Crippen molar-refractivity contribution in [1.29, 1.82) is 0 Å². The van der Waals surface area contributed by atoms with Crippen molar-refractivity contribution in [2.75, 3.05) is 0 Å². The van der Waals surface area contributed by atoms with Crippen LogP contribution in [0.5, 0.6) is 0 Å². The van der Waals surface area contributed by atoms with Gasteiger partial charge in [0.15, 0.2) is 0 Å². The van der Waals surface area contributed by atoms with Crippen LogP contribution in [0, 0.1) is 23.7 Å². The van der Waals surface area contributed by atoms with Gasteiger partial charge in [0.05, 0.1) is 6.10 Å². The van der Waals surface area contributed by atoms with Crippen LogP contribution in [0.2, 0.25) is 0 Å². The molecule has 1 N–H and O–H groups in total. The third kappa shape index (κ3) is 0.703. The lowest BCUT2D eigenvalue weighted by Crippen LogP contribution is -2.27. The van der Waals surface area contributed by atoms with E-state index in [4.69, 9.17) is 0 Å². The predicted octanol–water partition coefficient (Wildman–Crippen LogP) is 1.80. The van der Waals surface area contributed by atoms with Crippen LogP contribution in [0.3, 0.4) is 0 Å². The fourth-order valence-electron chi connectivity index (χ4n) is 4.03. The summed E-state index contributed by atoms with van der Waals surface area (Å²) in [6, 6.07) is 0. The molecule has 3 saturated carbocycles. The van der Waals surface area contributed by atoms with Gasteiger partial charge in [0.2, 0.25) is 0 Å². The molecule has 0 aromatic heterocycles. The molecular formula is C10H16O. The monoisotopic (exact) mass is 152 g/mol. The Morgan fingerprint density at radius 2 is 1.73 bits per heavy atom. The molecule has 3 aliphatic carbocycles. The minimum atomic E-state index is 0.0827. The molecule has 2 bridgehead atoms. The van der Waals surface area contributed by atoms with E-state index in [1.54, 1.807) is 0 Å².